The molecule has 0 amide bonds. The van der Waals surface area contributed by atoms with Gasteiger partial charge in [0.05, 0.1) is 0 Å². The van der Waals surface area contributed by atoms with Crippen molar-refractivity contribution in [2.45, 2.75) is 54.4 Å². The molecule has 1 aromatic heterocycles. The number of halogens is 1. The first-order valence-electron chi connectivity index (χ1n) is 12.7. The van der Waals surface area contributed by atoms with Gasteiger partial charge >= 0.3 is 185 Å². The van der Waals surface area contributed by atoms with Gasteiger partial charge in [0.2, 0.25) is 0 Å². The van der Waals surface area contributed by atoms with Gasteiger partial charge in [0, 0.05) is 0 Å². The Morgan fingerprint density at radius 1 is 1.28 bits per heavy atom. The van der Waals surface area contributed by atoms with E-state index in [1.807, 2.05) is 43.5 Å². The molecule has 4 rings (SSSR count). The smallest absolute Gasteiger partial charge is 0.0500 e. The summed E-state index contributed by atoms with van der Waals surface area (Å²) in [6.07, 6.45) is 8.63. The van der Waals surface area contributed by atoms with Gasteiger partial charge in [0.1, 0.15) is 0 Å². The van der Waals surface area contributed by atoms with Crippen molar-refractivity contribution in [2.24, 2.45) is 4.99 Å². The molecule has 0 bridgehead atoms. The van der Waals surface area contributed by atoms with E-state index in [-0.39, 0.29) is 5.82 Å². The van der Waals surface area contributed by atoms with Crippen LogP contribution in [0.2, 0.25) is 6.85 Å². The molecule has 0 aliphatic carbocycles. The first-order valence-corrected chi connectivity index (χ1v) is 19.4. The molecule has 1 saturated heterocycles. The van der Waals surface area contributed by atoms with E-state index in [2.05, 4.69) is 57.8 Å². The summed E-state index contributed by atoms with van der Waals surface area (Å²) in [5.41, 5.74) is 8.39. The normalized spacial score (nSPS) is 17.7. The van der Waals surface area contributed by atoms with Gasteiger partial charge in [0.15, 0.2) is 0 Å². The molecule has 0 radical (unpaired) electrons. The van der Waals surface area contributed by atoms with E-state index in [4.69, 9.17) is 9.98 Å². The third-order valence-corrected chi connectivity index (χ3v) is 17.1. The second kappa shape index (κ2) is 11.2. The monoisotopic (exact) mass is 669 g/mol. The number of hydrogen-bond acceptors (Lipinski definition) is 3. The minimum absolute atomic E-state index is 0.277. The standard InChI is InChI=1S/C31H34FN3.Hg/c1-8-10-14-26(19-33-22(6)20(3)4)27-16-28-30(17-29(27)32)35-23(7)21(5)31(28)34-18-25-13-11-12-24(9-2)15-25;/h9-17,19H,2-3,8,18H2,1,4-7H3,(H,34,35);/b14-10-,26-19+,33-22?;. The molecule has 1 aliphatic heterocycles. The minimum atomic E-state index is -0.766. The van der Waals surface area contributed by atoms with E-state index >= 15 is 4.39 Å². The van der Waals surface area contributed by atoms with Crippen molar-refractivity contribution < 1.29 is 29.0 Å². The summed E-state index contributed by atoms with van der Waals surface area (Å²) < 4.78 is 17.3. The average molecular weight is 668 g/mol. The molecule has 1 unspecified atom stereocenters. The van der Waals surface area contributed by atoms with Crippen LogP contribution in [-0.4, -0.2) is 10.7 Å². The van der Waals surface area contributed by atoms with Crippen molar-refractivity contribution in [2.75, 3.05) is 5.32 Å². The van der Waals surface area contributed by atoms with Crippen molar-refractivity contribution >= 4 is 34.0 Å². The van der Waals surface area contributed by atoms with Crippen LogP contribution in [0, 0.1) is 19.7 Å². The minimum Gasteiger partial charge on any atom is -0.0500 e. The number of anilines is 1. The van der Waals surface area contributed by atoms with Crippen LogP contribution < -0.4 is 5.32 Å². The van der Waals surface area contributed by atoms with Gasteiger partial charge in [0.25, 0.3) is 0 Å². The molecule has 1 N–H and O–H groups in total. The number of hydrogen-bond donors (Lipinski definition) is 1. The molecule has 2 aromatic carbocycles. The number of aliphatic imine (C=N–C) groups is 1. The number of rotatable bonds is 9. The molecule has 2 heterocycles. The van der Waals surface area contributed by atoms with Crippen molar-refractivity contribution in [3.8, 4) is 0 Å². The number of aromatic nitrogens is 1. The first kappa shape index (κ1) is 26.5. The van der Waals surface area contributed by atoms with Crippen LogP contribution in [0.15, 0.2) is 66.3 Å². The molecule has 1 fully saturated rings. The zero-order valence-electron chi connectivity index (χ0n) is 22.1. The molecule has 3 aromatic rings. The largest absolute Gasteiger partial charge is 0.0500 e. The summed E-state index contributed by atoms with van der Waals surface area (Å²) in [5, 5.41) is 4.53. The van der Waals surface area contributed by atoms with Crippen LogP contribution in [0.3, 0.4) is 0 Å². The molecule has 0 spiro atoms. The van der Waals surface area contributed by atoms with Gasteiger partial charge in [-0.25, -0.2) is 0 Å². The summed E-state index contributed by atoms with van der Waals surface area (Å²) in [5.74, 6) is -0.277. The Kier molecular flexibility index (Phi) is 8.24. The number of pyridine rings is 1. The molecule has 182 valence electrons. The Balaban J connectivity index is 1.79. The number of fused-ring (bicyclic) bond motifs is 1. The zero-order valence-corrected chi connectivity index (χ0v) is 27.6. The Labute approximate surface area is 226 Å². The van der Waals surface area contributed by atoms with Crippen molar-refractivity contribution in [3.63, 3.8) is 0 Å². The van der Waals surface area contributed by atoms with Crippen LogP contribution >= 0.6 is 0 Å². The van der Waals surface area contributed by atoms with Crippen LogP contribution in [0.4, 0.5) is 10.1 Å². The van der Waals surface area contributed by atoms with Gasteiger partial charge < -0.3 is 0 Å². The third-order valence-electron chi connectivity index (χ3n) is 7.33. The number of nitrogens with zero attached hydrogens (tertiary/aromatic N) is 2. The maximum Gasteiger partial charge on any atom is -0.0500 e. The zero-order chi connectivity index (χ0) is 25.9. The van der Waals surface area contributed by atoms with Gasteiger partial charge in [-0.15, -0.1) is 0 Å². The van der Waals surface area contributed by atoms with Crippen LogP contribution in [-0.2, 0) is 31.1 Å². The van der Waals surface area contributed by atoms with Gasteiger partial charge in [-0.05, 0) is 5.56 Å². The molecule has 0 saturated carbocycles. The van der Waals surface area contributed by atoms with E-state index in [1.165, 1.54) is 9.64 Å². The van der Waals surface area contributed by atoms with Crippen molar-refractivity contribution in [3.05, 3.63) is 95.1 Å². The van der Waals surface area contributed by atoms with Gasteiger partial charge in [-0.1, -0.05) is 36.9 Å². The fourth-order valence-corrected chi connectivity index (χ4v) is 8.92. The molecular formula is C31H34FHgN3. The fraction of sp³-hybridized carbons (Fsp3) is 0.290. The topological polar surface area (TPSA) is 37.3 Å². The van der Waals surface area contributed by atoms with Crippen molar-refractivity contribution in [1.29, 1.82) is 0 Å². The van der Waals surface area contributed by atoms with E-state index < -0.39 is 24.6 Å². The summed E-state index contributed by atoms with van der Waals surface area (Å²) in [6, 6.07) is 11.8. The number of nitrogens with one attached hydrogen (secondary N) is 1. The first-order chi connectivity index (χ1) is 17.3. The molecule has 3 nitrogen and oxygen atoms in total. The third kappa shape index (κ3) is 5.86. The van der Waals surface area contributed by atoms with Crippen LogP contribution in [0.25, 0.3) is 22.6 Å². The summed E-state index contributed by atoms with van der Waals surface area (Å²) in [6.45, 7) is 15.1. The SMILES string of the molecule is C=Cc1cccc(CNc2c(C)c(C)nc3cc(F)c(C(/C=C\CC)=C/N=C(C)[C]4(C)[CH2][Hg]4)cc23)c1. The predicted octanol–water partition coefficient (Wildman–Crippen LogP) is 8.71. The quantitative estimate of drug-likeness (QED) is 0.141. The molecule has 36 heavy (non-hydrogen) atoms. The fourth-order valence-electron chi connectivity index (χ4n) is 4.29. The summed E-state index contributed by atoms with van der Waals surface area (Å²) in [4.78, 5) is 9.51. The van der Waals surface area contributed by atoms with Crippen LogP contribution in [0.5, 0.6) is 0 Å². The molecule has 1 atom stereocenters. The second-order valence-corrected chi connectivity index (χ2v) is 20.0. The molecule has 5 heteroatoms. The number of allylic oxidation sites excluding steroid dienone is 3. The van der Waals surface area contributed by atoms with Crippen LogP contribution in [0.1, 0.15) is 55.1 Å². The Morgan fingerprint density at radius 3 is 2.75 bits per heavy atom. The second-order valence-electron chi connectivity index (χ2n) is 10.0. The Morgan fingerprint density at radius 2 is 2.06 bits per heavy atom. The summed E-state index contributed by atoms with van der Waals surface area (Å²) >= 11 is -0.766. The average Bonchev–Trinajstić information content (AvgIpc) is 3.63. The molecular weight excluding hydrogens is 634 g/mol. The number of aryl methyl sites for hydroxylation is 1. The van der Waals surface area contributed by atoms with Gasteiger partial charge in [-0.2, -0.15) is 0 Å². The van der Waals surface area contributed by atoms with E-state index in [9.17, 15) is 0 Å². The number of benzene rings is 2. The van der Waals surface area contributed by atoms with E-state index in [1.54, 1.807) is 6.07 Å². The predicted molar refractivity (Wildman–Crippen MR) is 149 cm³/mol. The summed E-state index contributed by atoms with van der Waals surface area (Å²) in [7, 11) is 0. The van der Waals surface area contributed by atoms with E-state index in [0.717, 1.165) is 45.5 Å². The maximum atomic E-state index is 15.5. The molecule has 1 aliphatic rings. The van der Waals surface area contributed by atoms with Crippen molar-refractivity contribution in [1.82, 2.24) is 4.98 Å². The Bertz CT molecular complexity index is 1400. The Hall–Kier alpha value is -2.59. The van der Waals surface area contributed by atoms with Gasteiger partial charge in [-0.3, -0.25) is 0 Å². The van der Waals surface area contributed by atoms with E-state index in [0.29, 0.717) is 20.5 Å². The maximum absolute atomic E-state index is 15.5.